The van der Waals surface area contributed by atoms with Gasteiger partial charge in [-0.1, -0.05) is 12.1 Å². The van der Waals surface area contributed by atoms with E-state index in [1.807, 2.05) is 0 Å². The molecule has 1 unspecified atom stereocenters. The molecule has 0 saturated carbocycles. The fourth-order valence-electron chi connectivity index (χ4n) is 2.85. The minimum Gasteiger partial charge on any atom is -0.381 e. The van der Waals surface area contributed by atoms with Crippen LogP contribution in [0.3, 0.4) is 0 Å². The van der Waals surface area contributed by atoms with Crippen molar-refractivity contribution in [3.63, 3.8) is 0 Å². The van der Waals surface area contributed by atoms with E-state index in [0.717, 1.165) is 18.4 Å². The number of nitrogens with one attached hydrogen (secondary N) is 2. The van der Waals surface area contributed by atoms with E-state index in [9.17, 15) is 13.2 Å². The van der Waals surface area contributed by atoms with Crippen LogP contribution in [0, 0.1) is 5.92 Å². The Morgan fingerprint density at radius 1 is 1.30 bits per heavy atom. The molecule has 1 amide bonds. The Labute approximate surface area is 163 Å². The molecule has 1 saturated heterocycles. The highest BCUT2D eigenvalue weighted by Gasteiger charge is 2.21. The molecular formula is C18H23N3O4S2. The lowest BCUT2D eigenvalue weighted by Crippen LogP contribution is -2.32. The van der Waals surface area contributed by atoms with Crippen LogP contribution in [0.1, 0.15) is 31.2 Å². The second-order valence-electron chi connectivity index (χ2n) is 6.52. The van der Waals surface area contributed by atoms with Gasteiger partial charge in [0.1, 0.15) is 0 Å². The van der Waals surface area contributed by atoms with Crippen LogP contribution >= 0.6 is 11.3 Å². The fraction of sp³-hybridized carbons (Fsp3) is 0.444. The van der Waals surface area contributed by atoms with Crippen LogP contribution in [0.4, 0.5) is 5.13 Å². The van der Waals surface area contributed by atoms with Gasteiger partial charge < -0.3 is 10.1 Å². The Morgan fingerprint density at radius 3 is 2.63 bits per heavy atom. The van der Waals surface area contributed by atoms with Crippen LogP contribution in [0.2, 0.25) is 0 Å². The smallest absolute Gasteiger partial charge is 0.240 e. The number of nitrogens with zero attached hydrogens (tertiary/aromatic N) is 1. The largest absolute Gasteiger partial charge is 0.381 e. The van der Waals surface area contributed by atoms with Gasteiger partial charge in [-0.05, 0) is 43.4 Å². The minimum atomic E-state index is -3.56. The van der Waals surface area contributed by atoms with Crippen LogP contribution in [0.15, 0.2) is 40.7 Å². The molecule has 1 aliphatic heterocycles. The number of rotatable bonds is 7. The van der Waals surface area contributed by atoms with E-state index in [1.54, 1.807) is 30.6 Å². The average Bonchev–Trinajstić information content (AvgIpc) is 3.20. The summed E-state index contributed by atoms with van der Waals surface area (Å²) >= 11 is 1.35. The Hall–Kier alpha value is -1.81. The van der Waals surface area contributed by atoms with Gasteiger partial charge in [0.25, 0.3) is 0 Å². The van der Waals surface area contributed by atoms with E-state index in [1.165, 1.54) is 23.5 Å². The van der Waals surface area contributed by atoms with Crippen molar-refractivity contribution in [1.29, 1.82) is 0 Å². The van der Waals surface area contributed by atoms with Gasteiger partial charge in [-0.3, -0.25) is 4.79 Å². The van der Waals surface area contributed by atoms with Gasteiger partial charge >= 0.3 is 0 Å². The number of thiazole rings is 1. The zero-order chi connectivity index (χ0) is 19.3. The molecule has 1 aliphatic rings. The van der Waals surface area contributed by atoms with Gasteiger partial charge in [0.15, 0.2) is 5.13 Å². The molecule has 9 heteroatoms. The van der Waals surface area contributed by atoms with E-state index in [2.05, 4.69) is 15.0 Å². The lowest BCUT2D eigenvalue weighted by molar-refractivity contribution is -0.117. The molecule has 0 spiro atoms. The number of hydrogen-bond acceptors (Lipinski definition) is 6. The first kappa shape index (κ1) is 19.9. The van der Waals surface area contributed by atoms with Crippen LogP contribution < -0.4 is 10.0 Å². The van der Waals surface area contributed by atoms with E-state index >= 15 is 0 Å². The summed E-state index contributed by atoms with van der Waals surface area (Å²) in [5, 5.41) is 5.08. The molecule has 27 heavy (non-hydrogen) atoms. The summed E-state index contributed by atoms with van der Waals surface area (Å²) in [5.41, 5.74) is 0.743. The predicted octanol–water partition coefficient (Wildman–Crippen LogP) is 2.59. The van der Waals surface area contributed by atoms with E-state index < -0.39 is 15.9 Å². The first-order chi connectivity index (χ1) is 13.0. The van der Waals surface area contributed by atoms with Crippen molar-refractivity contribution >= 4 is 32.4 Å². The number of aromatic nitrogens is 1. The van der Waals surface area contributed by atoms with Gasteiger partial charge in [-0.25, -0.2) is 18.1 Å². The monoisotopic (exact) mass is 409 g/mol. The highest BCUT2D eigenvalue weighted by molar-refractivity contribution is 7.89. The van der Waals surface area contributed by atoms with Crippen molar-refractivity contribution in [3.05, 3.63) is 41.4 Å². The van der Waals surface area contributed by atoms with E-state index in [0.29, 0.717) is 30.8 Å². The molecule has 0 radical (unpaired) electrons. The second-order valence-corrected chi connectivity index (χ2v) is 9.19. The van der Waals surface area contributed by atoms with Crippen LogP contribution in [0.25, 0.3) is 0 Å². The Morgan fingerprint density at radius 2 is 2.00 bits per heavy atom. The molecule has 2 N–H and O–H groups in total. The number of carbonyl (C=O) groups is 1. The summed E-state index contributed by atoms with van der Waals surface area (Å²) in [5.74, 6) is -0.290. The lowest BCUT2D eigenvalue weighted by Gasteiger charge is -2.22. The van der Waals surface area contributed by atoms with E-state index in [-0.39, 0.29) is 10.8 Å². The Bertz CT molecular complexity index is 845. The molecule has 3 rings (SSSR count). The molecule has 0 bridgehead atoms. The van der Waals surface area contributed by atoms with Crippen LogP contribution in [-0.4, -0.2) is 39.1 Å². The van der Waals surface area contributed by atoms with Crippen molar-refractivity contribution < 1.29 is 17.9 Å². The molecule has 146 valence electrons. The quantitative estimate of drug-likeness (QED) is 0.733. The summed E-state index contributed by atoms with van der Waals surface area (Å²) < 4.78 is 32.9. The molecule has 2 aromatic rings. The highest BCUT2D eigenvalue weighted by Crippen LogP contribution is 2.21. The number of hydrogen-bond donors (Lipinski definition) is 2. The number of sulfonamides is 1. The number of amides is 1. The summed E-state index contributed by atoms with van der Waals surface area (Å²) in [4.78, 5) is 16.5. The summed E-state index contributed by atoms with van der Waals surface area (Å²) in [6.07, 6.45) is 3.36. The maximum atomic E-state index is 12.5. The Kier molecular flexibility index (Phi) is 6.59. The van der Waals surface area contributed by atoms with Gasteiger partial charge in [-0.2, -0.15) is 0 Å². The zero-order valence-electron chi connectivity index (χ0n) is 15.1. The lowest BCUT2D eigenvalue weighted by atomic mass is 10.0. The van der Waals surface area contributed by atoms with Crippen molar-refractivity contribution in [2.75, 3.05) is 25.1 Å². The van der Waals surface area contributed by atoms with Crippen molar-refractivity contribution in [3.8, 4) is 0 Å². The maximum Gasteiger partial charge on any atom is 0.240 e. The molecule has 1 fully saturated rings. The summed E-state index contributed by atoms with van der Waals surface area (Å²) in [7, 11) is -3.56. The van der Waals surface area contributed by atoms with E-state index in [4.69, 9.17) is 4.74 Å². The number of anilines is 1. The second kappa shape index (κ2) is 8.92. The normalized spacial score (nSPS) is 16.8. The minimum absolute atomic E-state index is 0.182. The highest BCUT2D eigenvalue weighted by atomic mass is 32.2. The zero-order valence-corrected chi connectivity index (χ0v) is 16.7. The van der Waals surface area contributed by atoms with Crippen molar-refractivity contribution in [2.24, 2.45) is 5.92 Å². The van der Waals surface area contributed by atoms with Crippen molar-refractivity contribution in [2.45, 2.75) is 30.6 Å². The third-order valence-corrected chi connectivity index (χ3v) is 6.78. The molecule has 1 aromatic heterocycles. The standard InChI is InChI=1S/C18H23N3O4S2/c1-13(17(22)21-18-19-8-11-26-18)15-2-4-16(5-3-15)27(23,24)20-12-14-6-9-25-10-7-14/h2-5,8,11,13-14,20H,6-7,9-10,12H2,1H3,(H,19,21,22). The third kappa shape index (κ3) is 5.35. The van der Waals surface area contributed by atoms with Crippen LogP contribution in [-0.2, 0) is 19.6 Å². The molecule has 2 heterocycles. The first-order valence-corrected chi connectivity index (χ1v) is 11.2. The number of carbonyl (C=O) groups excluding carboxylic acids is 1. The predicted molar refractivity (Wildman–Crippen MR) is 104 cm³/mol. The topological polar surface area (TPSA) is 97.4 Å². The SMILES string of the molecule is CC(C(=O)Nc1nccs1)c1ccc(S(=O)(=O)NCC2CCOCC2)cc1. The molecular weight excluding hydrogens is 386 g/mol. The number of ether oxygens (including phenoxy) is 1. The summed E-state index contributed by atoms with van der Waals surface area (Å²) in [6.45, 7) is 3.56. The van der Waals surface area contributed by atoms with Crippen LogP contribution in [0.5, 0.6) is 0 Å². The van der Waals surface area contributed by atoms with Gasteiger partial charge in [0.05, 0.1) is 10.8 Å². The number of benzene rings is 1. The average molecular weight is 410 g/mol. The molecule has 1 atom stereocenters. The Balaban J connectivity index is 1.60. The van der Waals surface area contributed by atoms with Gasteiger partial charge in [0.2, 0.25) is 15.9 Å². The first-order valence-electron chi connectivity index (χ1n) is 8.83. The third-order valence-electron chi connectivity index (χ3n) is 4.65. The molecule has 0 aliphatic carbocycles. The van der Waals surface area contributed by atoms with Gasteiger partial charge in [-0.15, -0.1) is 11.3 Å². The molecule has 7 nitrogen and oxygen atoms in total. The fourth-order valence-corrected chi connectivity index (χ4v) is 4.50. The summed E-state index contributed by atoms with van der Waals surface area (Å²) in [6, 6.07) is 6.42. The maximum absolute atomic E-state index is 12.5. The molecule has 1 aromatic carbocycles. The van der Waals surface area contributed by atoms with Crippen molar-refractivity contribution in [1.82, 2.24) is 9.71 Å². The van der Waals surface area contributed by atoms with Gasteiger partial charge in [0, 0.05) is 31.3 Å².